The number of primary amides is 1. The van der Waals surface area contributed by atoms with Crippen LogP contribution in [0.2, 0.25) is 0 Å². The van der Waals surface area contributed by atoms with Crippen molar-refractivity contribution in [3.63, 3.8) is 0 Å². The van der Waals surface area contributed by atoms with Crippen molar-refractivity contribution in [2.75, 3.05) is 6.54 Å². The van der Waals surface area contributed by atoms with Gasteiger partial charge in [-0.15, -0.1) is 9.24 Å². The maximum atomic E-state index is 11.4. The summed E-state index contributed by atoms with van der Waals surface area (Å²) in [6.45, 7) is 0.115. The van der Waals surface area contributed by atoms with Crippen LogP contribution in [0.4, 0.5) is 0 Å². The molecule has 0 aliphatic carbocycles. The van der Waals surface area contributed by atoms with Gasteiger partial charge in [0.05, 0.1) is 0 Å². The molecule has 2 N–H and O–H groups in total. The van der Waals surface area contributed by atoms with Gasteiger partial charge in [-0.05, 0) is 5.66 Å². The number of hydrogen-bond donors (Lipinski definition) is 1. The summed E-state index contributed by atoms with van der Waals surface area (Å²) in [7, 11) is 2.46. The zero-order valence-corrected chi connectivity index (χ0v) is 8.89. The minimum atomic E-state index is -0.501. The lowest BCUT2D eigenvalue weighted by Gasteiger charge is -2.27. The normalized spacial score (nSPS) is 18.8. The minimum Gasteiger partial charge on any atom is -0.370 e. The van der Waals surface area contributed by atoms with Gasteiger partial charge in [0.15, 0.2) is 0 Å². The molecule has 1 atom stereocenters. The highest BCUT2D eigenvalue weighted by molar-refractivity contribution is 7.17. The second kappa shape index (κ2) is 4.51. The highest BCUT2D eigenvalue weighted by Gasteiger charge is 2.30. The van der Waals surface area contributed by atoms with E-state index in [0.717, 1.165) is 4.90 Å². The Hall–Kier alpha value is -0.960. The second-order valence-corrected chi connectivity index (χ2v) is 4.27. The Morgan fingerprint density at radius 3 is 2.36 bits per heavy atom. The van der Waals surface area contributed by atoms with Gasteiger partial charge >= 0.3 is 0 Å². The highest BCUT2D eigenvalue weighted by Crippen LogP contribution is 2.19. The monoisotopic (exact) mass is 216 g/mol. The van der Waals surface area contributed by atoms with Crippen molar-refractivity contribution in [1.82, 2.24) is 4.90 Å². The van der Waals surface area contributed by atoms with Gasteiger partial charge in [0.2, 0.25) is 17.7 Å². The fourth-order valence-electron chi connectivity index (χ4n) is 1.35. The number of nitrogens with two attached hydrogens (primary N) is 1. The number of carbonyl (C=O) groups excluding carboxylic acids is 3. The minimum absolute atomic E-state index is 0.0276. The smallest absolute Gasteiger partial charge is 0.229 e. The van der Waals surface area contributed by atoms with E-state index in [4.69, 9.17) is 5.73 Å². The van der Waals surface area contributed by atoms with Crippen LogP contribution in [0.15, 0.2) is 0 Å². The van der Waals surface area contributed by atoms with Crippen LogP contribution < -0.4 is 5.73 Å². The van der Waals surface area contributed by atoms with Gasteiger partial charge in [0.1, 0.15) is 0 Å². The number of carbonyl (C=O) groups is 3. The largest absolute Gasteiger partial charge is 0.370 e. The van der Waals surface area contributed by atoms with E-state index in [1.165, 1.54) is 0 Å². The van der Waals surface area contributed by atoms with Crippen LogP contribution in [0.3, 0.4) is 0 Å². The number of likely N-dealkylation sites (tertiary alicyclic amines) is 1. The van der Waals surface area contributed by atoms with Crippen LogP contribution in [0.5, 0.6) is 0 Å². The van der Waals surface area contributed by atoms with Gasteiger partial charge in [0.25, 0.3) is 0 Å². The van der Waals surface area contributed by atoms with Crippen LogP contribution in [-0.2, 0) is 14.4 Å². The Labute approximate surface area is 84.2 Å². The molecule has 1 saturated heterocycles. The Bertz CT molecular complexity index is 262. The molecule has 1 aliphatic heterocycles. The molecule has 5 nitrogen and oxygen atoms in total. The number of imide groups is 1. The molecule has 1 heterocycles. The molecule has 0 aromatic heterocycles. The fraction of sp³-hybridized carbons (Fsp3) is 0.625. The van der Waals surface area contributed by atoms with Gasteiger partial charge in [-0.3, -0.25) is 19.3 Å². The molecule has 1 unspecified atom stereocenters. The first kappa shape index (κ1) is 11.1. The lowest BCUT2D eigenvalue weighted by Crippen LogP contribution is -2.44. The third kappa shape index (κ3) is 2.77. The molecule has 0 spiro atoms. The van der Waals surface area contributed by atoms with Gasteiger partial charge in [0, 0.05) is 25.8 Å². The van der Waals surface area contributed by atoms with E-state index in [9.17, 15) is 14.4 Å². The number of rotatable bonds is 3. The molecule has 0 bridgehead atoms. The van der Waals surface area contributed by atoms with E-state index < -0.39 is 5.91 Å². The summed E-state index contributed by atoms with van der Waals surface area (Å²) in [6, 6.07) is 0. The molecule has 0 saturated carbocycles. The van der Waals surface area contributed by atoms with Gasteiger partial charge in [-0.1, -0.05) is 0 Å². The van der Waals surface area contributed by atoms with Crippen molar-refractivity contribution in [3.05, 3.63) is 0 Å². The quantitative estimate of drug-likeness (QED) is 0.498. The van der Waals surface area contributed by atoms with Gasteiger partial charge in [-0.25, -0.2) is 0 Å². The van der Waals surface area contributed by atoms with Crippen molar-refractivity contribution in [1.29, 1.82) is 0 Å². The lowest BCUT2D eigenvalue weighted by atomic mass is 10.1. The average molecular weight is 216 g/mol. The molecule has 14 heavy (non-hydrogen) atoms. The predicted molar refractivity (Wildman–Crippen MR) is 53.3 cm³/mol. The first-order valence-corrected chi connectivity index (χ1v) is 5.04. The van der Waals surface area contributed by atoms with Crippen molar-refractivity contribution in [2.45, 2.75) is 24.9 Å². The van der Waals surface area contributed by atoms with E-state index >= 15 is 0 Å². The van der Waals surface area contributed by atoms with Crippen LogP contribution in [0.25, 0.3) is 0 Å². The van der Waals surface area contributed by atoms with Crippen LogP contribution in [-0.4, -0.2) is 34.8 Å². The summed E-state index contributed by atoms with van der Waals surface area (Å²) in [5.41, 5.74) is 4.96. The molecule has 0 radical (unpaired) electrons. The van der Waals surface area contributed by atoms with E-state index in [0.29, 0.717) is 12.8 Å². The summed E-state index contributed by atoms with van der Waals surface area (Å²) in [5, 5.41) is 0. The summed E-state index contributed by atoms with van der Waals surface area (Å²) in [5.74, 6) is -0.941. The second-order valence-electron chi connectivity index (χ2n) is 3.32. The summed E-state index contributed by atoms with van der Waals surface area (Å²) in [6.07, 6.45) is 0.726. The molecule has 0 aromatic carbocycles. The maximum Gasteiger partial charge on any atom is 0.229 e. The molecule has 3 amide bonds. The topological polar surface area (TPSA) is 80.5 Å². The third-order valence-corrected chi connectivity index (χ3v) is 2.53. The number of amides is 3. The SMILES string of the molecule is NC(=O)CCN1C(=O)CC(P)CC1=O. The van der Waals surface area contributed by atoms with Gasteiger partial charge < -0.3 is 5.73 Å². The molecule has 0 aromatic rings. The van der Waals surface area contributed by atoms with E-state index in [1.807, 2.05) is 0 Å². The first-order valence-electron chi connectivity index (χ1n) is 4.37. The molecule has 1 aliphatic rings. The molecule has 1 fully saturated rings. The summed E-state index contributed by atoms with van der Waals surface area (Å²) < 4.78 is 0. The molecule has 78 valence electrons. The van der Waals surface area contributed by atoms with Crippen molar-refractivity contribution >= 4 is 27.0 Å². The van der Waals surface area contributed by atoms with Crippen molar-refractivity contribution < 1.29 is 14.4 Å². The average Bonchev–Trinajstić information content (AvgIpc) is 2.01. The van der Waals surface area contributed by atoms with E-state index in [1.54, 1.807) is 0 Å². The highest BCUT2D eigenvalue weighted by atomic mass is 31.0. The Balaban J connectivity index is 2.54. The maximum absolute atomic E-state index is 11.4. The summed E-state index contributed by atoms with van der Waals surface area (Å²) in [4.78, 5) is 34.3. The Morgan fingerprint density at radius 2 is 1.93 bits per heavy atom. The van der Waals surface area contributed by atoms with E-state index in [2.05, 4.69) is 9.24 Å². The zero-order valence-electron chi connectivity index (χ0n) is 7.73. The van der Waals surface area contributed by atoms with Crippen LogP contribution in [0, 0.1) is 0 Å². The molecular formula is C8H13N2O3P. The first-order chi connectivity index (χ1) is 6.50. The predicted octanol–water partition coefficient (Wildman–Crippen LogP) is -0.746. The molecule has 1 rings (SSSR count). The molecular weight excluding hydrogens is 203 g/mol. The Kier molecular flexibility index (Phi) is 3.58. The zero-order chi connectivity index (χ0) is 10.7. The third-order valence-electron chi connectivity index (χ3n) is 2.06. The Morgan fingerprint density at radius 1 is 1.43 bits per heavy atom. The molecule has 6 heteroatoms. The van der Waals surface area contributed by atoms with Crippen molar-refractivity contribution in [3.8, 4) is 0 Å². The van der Waals surface area contributed by atoms with Crippen LogP contribution in [0.1, 0.15) is 19.3 Å². The summed E-state index contributed by atoms with van der Waals surface area (Å²) >= 11 is 0. The van der Waals surface area contributed by atoms with Gasteiger partial charge in [-0.2, -0.15) is 0 Å². The van der Waals surface area contributed by atoms with Crippen molar-refractivity contribution in [2.24, 2.45) is 5.73 Å². The van der Waals surface area contributed by atoms with E-state index in [-0.39, 0.29) is 30.4 Å². The number of hydrogen-bond acceptors (Lipinski definition) is 3. The van der Waals surface area contributed by atoms with Crippen LogP contribution >= 0.6 is 9.24 Å². The number of nitrogens with zero attached hydrogens (tertiary/aromatic N) is 1. The fourth-order valence-corrected chi connectivity index (χ4v) is 1.75. The number of piperidine rings is 1. The standard InChI is InChI=1S/C8H13N2O3P/c9-6(11)1-2-10-7(12)3-5(14)4-8(10)13/h5H,1-4,14H2,(H2,9,11). The lowest BCUT2D eigenvalue weighted by molar-refractivity contribution is -0.147.